The van der Waals surface area contributed by atoms with Crippen LogP contribution in [-0.2, 0) is 20.6 Å². The van der Waals surface area contributed by atoms with Gasteiger partial charge in [0, 0.05) is 30.8 Å². The average Bonchev–Trinajstić information content (AvgIpc) is 2.66. The normalized spacial score (nSPS) is 16.1. The molecule has 1 N–H and O–H groups in total. The smallest absolute Gasteiger partial charge is 0.227 e. The lowest BCUT2D eigenvalue weighted by atomic mass is 9.97. The second-order valence-corrected chi connectivity index (χ2v) is 9.00. The lowest BCUT2D eigenvalue weighted by Gasteiger charge is -2.30. The van der Waals surface area contributed by atoms with Crippen LogP contribution in [0.5, 0.6) is 0 Å². The van der Waals surface area contributed by atoms with Crippen molar-refractivity contribution in [3.8, 4) is 0 Å². The number of benzene rings is 2. The molecule has 8 heteroatoms. The van der Waals surface area contributed by atoms with E-state index in [0.717, 1.165) is 23.3 Å². The Kier molecular flexibility index (Phi) is 6.10. The number of hydrogen-bond donors (Lipinski definition) is 1. The molecule has 1 aliphatic heterocycles. The second-order valence-electron chi connectivity index (χ2n) is 7.03. The van der Waals surface area contributed by atoms with E-state index in [4.69, 9.17) is 0 Å². The average molecular weight is 408 g/mol. The first-order valence-electron chi connectivity index (χ1n) is 9.04. The van der Waals surface area contributed by atoms with Crippen LogP contribution in [0.15, 0.2) is 42.5 Å². The number of hydrogen-bond acceptors (Lipinski definition) is 3. The summed E-state index contributed by atoms with van der Waals surface area (Å²) in [6, 6.07) is 10.5. The Morgan fingerprint density at radius 1 is 1.07 bits per heavy atom. The van der Waals surface area contributed by atoms with Crippen molar-refractivity contribution in [3.63, 3.8) is 0 Å². The Labute approximate surface area is 163 Å². The third kappa shape index (κ3) is 4.94. The number of nitrogens with zero attached hydrogens (tertiary/aromatic N) is 1. The summed E-state index contributed by atoms with van der Waals surface area (Å²) in [5.41, 5.74) is 1.97. The van der Waals surface area contributed by atoms with Crippen LogP contribution >= 0.6 is 0 Å². The predicted molar refractivity (Wildman–Crippen MR) is 103 cm³/mol. The molecular formula is C20H22F2N2O3S. The molecule has 28 heavy (non-hydrogen) atoms. The molecular weight excluding hydrogens is 386 g/mol. The van der Waals surface area contributed by atoms with Crippen molar-refractivity contribution in [2.75, 3.05) is 18.4 Å². The van der Waals surface area contributed by atoms with Gasteiger partial charge in [-0.25, -0.2) is 21.5 Å². The Morgan fingerprint density at radius 2 is 1.71 bits per heavy atom. The number of nitrogens with one attached hydrogen (secondary N) is 1. The highest BCUT2D eigenvalue weighted by atomic mass is 32.2. The van der Waals surface area contributed by atoms with Gasteiger partial charge in [0.2, 0.25) is 15.9 Å². The van der Waals surface area contributed by atoms with E-state index in [1.807, 2.05) is 19.1 Å². The Morgan fingerprint density at radius 3 is 2.32 bits per heavy atom. The molecule has 1 saturated heterocycles. The first-order valence-corrected chi connectivity index (χ1v) is 10.6. The van der Waals surface area contributed by atoms with Crippen LogP contribution in [0.2, 0.25) is 0 Å². The summed E-state index contributed by atoms with van der Waals surface area (Å²) < 4.78 is 52.9. The van der Waals surface area contributed by atoms with E-state index in [1.54, 1.807) is 12.1 Å². The van der Waals surface area contributed by atoms with Gasteiger partial charge in [0.15, 0.2) is 11.6 Å². The molecule has 0 saturated carbocycles. The predicted octanol–water partition coefficient (Wildman–Crippen LogP) is 3.45. The molecule has 0 radical (unpaired) electrons. The first-order chi connectivity index (χ1) is 13.2. The molecule has 3 rings (SSSR count). The van der Waals surface area contributed by atoms with Crippen molar-refractivity contribution in [1.29, 1.82) is 0 Å². The molecule has 1 fully saturated rings. The zero-order chi connectivity index (χ0) is 20.3. The van der Waals surface area contributed by atoms with Gasteiger partial charge in [0.1, 0.15) is 0 Å². The van der Waals surface area contributed by atoms with Crippen molar-refractivity contribution in [3.05, 3.63) is 65.2 Å². The fraction of sp³-hybridized carbons (Fsp3) is 0.350. The van der Waals surface area contributed by atoms with Gasteiger partial charge in [0.05, 0.1) is 5.75 Å². The van der Waals surface area contributed by atoms with E-state index in [1.165, 1.54) is 10.4 Å². The number of aryl methyl sites for hydroxylation is 1. The SMILES string of the molecule is Cc1ccc(CS(=O)(=O)N2CCC(C(=O)Nc3ccc(F)c(F)c3)CC2)cc1. The molecule has 1 heterocycles. The quantitative estimate of drug-likeness (QED) is 0.824. The summed E-state index contributed by atoms with van der Waals surface area (Å²) in [6.45, 7) is 2.45. The molecule has 2 aromatic carbocycles. The van der Waals surface area contributed by atoms with Crippen LogP contribution in [0.4, 0.5) is 14.5 Å². The van der Waals surface area contributed by atoms with Crippen LogP contribution in [0.3, 0.4) is 0 Å². The van der Waals surface area contributed by atoms with E-state index in [0.29, 0.717) is 12.8 Å². The van der Waals surface area contributed by atoms with Crippen molar-refractivity contribution in [1.82, 2.24) is 4.31 Å². The summed E-state index contributed by atoms with van der Waals surface area (Å²) in [5.74, 6) is -2.78. The van der Waals surface area contributed by atoms with Gasteiger partial charge in [-0.15, -0.1) is 0 Å². The summed E-state index contributed by atoms with van der Waals surface area (Å²) in [5, 5.41) is 2.56. The molecule has 0 aliphatic carbocycles. The van der Waals surface area contributed by atoms with Crippen molar-refractivity contribution < 1.29 is 22.0 Å². The summed E-state index contributed by atoms with van der Waals surface area (Å²) in [6.07, 6.45) is 0.755. The van der Waals surface area contributed by atoms with Crippen LogP contribution in [0, 0.1) is 24.5 Å². The van der Waals surface area contributed by atoms with Gasteiger partial charge in [-0.1, -0.05) is 29.8 Å². The van der Waals surface area contributed by atoms with Crippen LogP contribution in [0.1, 0.15) is 24.0 Å². The van der Waals surface area contributed by atoms with Crippen LogP contribution < -0.4 is 5.32 Å². The molecule has 1 amide bonds. The number of carbonyl (C=O) groups is 1. The highest BCUT2D eigenvalue weighted by Gasteiger charge is 2.31. The van der Waals surface area contributed by atoms with Gasteiger partial charge in [-0.2, -0.15) is 0 Å². The number of anilines is 1. The number of rotatable bonds is 5. The number of piperidine rings is 1. The molecule has 0 spiro atoms. The molecule has 150 valence electrons. The summed E-state index contributed by atoms with van der Waals surface area (Å²) in [4.78, 5) is 12.3. The number of halogens is 2. The maximum Gasteiger partial charge on any atom is 0.227 e. The van der Waals surface area contributed by atoms with Crippen molar-refractivity contribution in [2.45, 2.75) is 25.5 Å². The Balaban J connectivity index is 1.56. The highest BCUT2D eigenvalue weighted by Crippen LogP contribution is 2.23. The molecule has 2 aromatic rings. The van der Waals surface area contributed by atoms with Gasteiger partial charge >= 0.3 is 0 Å². The van der Waals surface area contributed by atoms with E-state index < -0.39 is 21.7 Å². The van der Waals surface area contributed by atoms with E-state index >= 15 is 0 Å². The lowest BCUT2D eigenvalue weighted by Crippen LogP contribution is -2.41. The summed E-state index contributed by atoms with van der Waals surface area (Å²) >= 11 is 0. The molecule has 1 aliphatic rings. The van der Waals surface area contributed by atoms with Crippen LogP contribution in [-0.4, -0.2) is 31.7 Å². The summed E-state index contributed by atoms with van der Waals surface area (Å²) in [7, 11) is -3.46. The minimum absolute atomic E-state index is 0.0704. The van der Waals surface area contributed by atoms with E-state index in [2.05, 4.69) is 5.32 Å². The fourth-order valence-corrected chi connectivity index (χ4v) is 4.76. The van der Waals surface area contributed by atoms with Crippen molar-refractivity contribution in [2.24, 2.45) is 5.92 Å². The minimum Gasteiger partial charge on any atom is -0.326 e. The lowest BCUT2D eigenvalue weighted by molar-refractivity contribution is -0.120. The molecule has 0 bridgehead atoms. The largest absolute Gasteiger partial charge is 0.326 e. The zero-order valence-electron chi connectivity index (χ0n) is 15.5. The second kappa shape index (κ2) is 8.36. The van der Waals surface area contributed by atoms with Crippen molar-refractivity contribution >= 4 is 21.6 Å². The molecule has 0 atom stereocenters. The van der Waals surface area contributed by atoms with Gasteiger partial charge < -0.3 is 5.32 Å². The van der Waals surface area contributed by atoms with E-state index in [-0.39, 0.29) is 36.4 Å². The third-order valence-electron chi connectivity index (χ3n) is 4.87. The Bertz CT molecular complexity index is 954. The standard InChI is InChI=1S/C20H22F2N2O3S/c1-14-2-4-15(5-3-14)13-28(26,27)24-10-8-16(9-11-24)20(25)23-17-6-7-18(21)19(22)12-17/h2-7,12,16H,8-11,13H2,1H3,(H,23,25). The molecule has 0 unspecified atom stereocenters. The zero-order valence-corrected chi connectivity index (χ0v) is 16.3. The first kappa shape index (κ1) is 20.4. The van der Waals surface area contributed by atoms with Gasteiger partial charge in [-0.3, -0.25) is 4.79 Å². The maximum atomic E-state index is 13.3. The molecule has 0 aromatic heterocycles. The number of amides is 1. The van der Waals surface area contributed by atoms with Gasteiger partial charge in [-0.05, 0) is 37.5 Å². The Hall–Kier alpha value is -2.32. The maximum absolute atomic E-state index is 13.3. The fourth-order valence-electron chi connectivity index (χ4n) is 3.20. The highest BCUT2D eigenvalue weighted by molar-refractivity contribution is 7.88. The van der Waals surface area contributed by atoms with E-state index in [9.17, 15) is 22.0 Å². The van der Waals surface area contributed by atoms with Crippen LogP contribution in [0.25, 0.3) is 0 Å². The number of carbonyl (C=O) groups excluding carboxylic acids is 1. The minimum atomic E-state index is -3.46. The topological polar surface area (TPSA) is 66.5 Å². The van der Waals surface area contributed by atoms with Gasteiger partial charge in [0.25, 0.3) is 0 Å². The molecule has 5 nitrogen and oxygen atoms in total. The third-order valence-corrected chi connectivity index (χ3v) is 6.72. The monoisotopic (exact) mass is 408 g/mol. The number of sulfonamides is 1.